The first-order valence-corrected chi connectivity index (χ1v) is 6.45. The molecule has 1 amide bonds. The van der Waals surface area contributed by atoms with Gasteiger partial charge >= 0.3 is 5.97 Å². The maximum atomic E-state index is 11.6. The van der Waals surface area contributed by atoms with Crippen molar-refractivity contribution < 1.29 is 19.8 Å². The van der Waals surface area contributed by atoms with E-state index in [4.69, 9.17) is 10.2 Å². The van der Waals surface area contributed by atoms with Crippen LogP contribution in [0.4, 0.5) is 0 Å². The summed E-state index contributed by atoms with van der Waals surface area (Å²) in [6.07, 6.45) is 0. The highest BCUT2D eigenvalue weighted by molar-refractivity contribution is 9.13. The predicted molar refractivity (Wildman–Crippen MR) is 65.7 cm³/mol. The van der Waals surface area contributed by atoms with E-state index >= 15 is 0 Å². The number of hydrogen-bond acceptors (Lipinski definition) is 4. The molecule has 3 N–H and O–H groups in total. The zero-order valence-corrected chi connectivity index (χ0v) is 11.7. The molecule has 1 heterocycles. The highest BCUT2D eigenvalue weighted by Crippen LogP contribution is 2.32. The number of rotatable bonds is 4. The molecule has 1 rings (SSSR count). The number of carboxylic acid groups (broad SMARTS) is 1. The fourth-order valence-corrected chi connectivity index (χ4v) is 2.81. The number of aliphatic hydroxyl groups is 1. The second kappa shape index (κ2) is 5.76. The Bertz CT molecular complexity index is 401. The lowest BCUT2D eigenvalue weighted by Gasteiger charge is -2.10. The predicted octanol–water partition coefficient (Wildman–Crippen LogP) is 1.45. The number of carbonyl (C=O) groups is 2. The molecule has 8 heteroatoms. The normalized spacial score (nSPS) is 12.2. The summed E-state index contributed by atoms with van der Waals surface area (Å²) in [6, 6.07) is 0.285. The summed E-state index contributed by atoms with van der Waals surface area (Å²) in [4.78, 5) is 22.5. The Kier molecular flexibility index (Phi) is 4.90. The average molecular weight is 373 g/mol. The standard InChI is InChI=1S/C8H7Br2NO4S/c9-3-1-5(16-6(3)10)7(13)11-4(2-12)8(14)15/h1,4,12H,2H2,(H,11,13)(H,14,15). The van der Waals surface area contributed by atoms with Gasteiger partial charge in [-0.2, -0.15) is 0 Å². The number of thiophene rings is 1. The number of aliphatic carboxylic acids is 1. The van der Waals surface area contributed by atoms with Crippen LogP contribution in [-0.2, 0) is 4.79 Å². The third-order valence-corrected chi connectivity index (χ3v) is 4.91. The second-order valence-corrected chi connectivity index (χ2v) is 6.00. The van der Waals surface area contributed by atoms with Crippen LogP contribution < -0.4 is 5.32 Å². The van der Waals surface area contributed by atoms with E-state index in [1.807, 2.05) is 0 Å². The molecule has 0 bridgehead atoms. The minimum atomic E-state index is -1.29. The molecule has 0 saturated carbocycles. The fourth-order valence-electron chi connectivity index (χ4n) is 0.873. The van der Waals surface area contributed by atoms with Gasteiger partial charge in [-0.15, -0.1) is 11.3 Å². The SMILES string of the molecule is O=C(NC(CO)C(=O)O)c1cc(Br)c(Br)s1. The van der Waals surface area contributed by atoms with Crippen LogP contribution in [0.1, 0.15) is 9.67 Å². The monoisotopic (exact) mass is 371 g/mol. The van der Waals surface area contributed by atoms with Crippen molar-refractivity contribution in [1.29, 1.82) is 0 Å². The molecule has 16 heavy (non-hydrogen) atoms. The molecule has 0 radical (unpaired) electrons. The van der Waals surface area contributed by atoms with E-state index in [0.717, 1.165) is 8.26 Å². The Balaban J connectivity index is 2.75. The van der Waals surface area contributed by atoms with E-state index in [-0.39, 0.29) is 0 Å². The maximum Gasteiger partial charge on any atom is 0.328 e. The average Bonchev–Trinajstić information content (AvgIpc) is 2.55. The number of halogens is 2. The maximum absolute atomic E-state index is 11.6. The van der Waals surface area contributed by atoms with E-state index in [1.54, 1.807) is 6.07 Å². The molecular formula is C8H7Br2NO4S. The van der Waals surface area contributed by atoms with E-state index in [0.29, 0.717) is 4.88 Å². The van der Waals surface area contributed by atoms with E-state index in [9.17, 15) is 9.59 Å². The van der Waals surface area contributed by atoms with Gasteiger partial charge < -0.3 is 15.5 Å². The first kappa shape index (κ1) is 13.6. The summed E-state index contributed by atoms with van der Waals surface area (Å²) in [5.74, 6) is -1.80. The molecule has 88 valence electrons. The van der Waals surface area contributed by atoms with Crippen molar-refractivity contribution in [3.05, 3.63) is 19.2 Å². The summed E-state index contributed by atoms with van der Waals surface area (Å²) in [5.41, 5.74) is 0. The zero-order chi connectivity index (χ0) is 12.3. The van der Waals surface area contributed by atoms with Crippen molar-refractivity contribution in [2.24, 2.45) is 0 Å². The lowest BCUT2D eigenvalue weighted by Crippen LogP contribution is -2.43. The Morgan fingerprint density at radius 2 is 2.12 bits per heavy atom. The largest absolute Gasteiger partial charge is 0.480 e. The van der Waals surface area contributed by atoms with Crippen LogP contribution in [0.2, 0.25) is 0 Å². The smallest absolute Gasteiger partial charge is 0.328 e. The number of amides is 1. The summed E-state index contributed by atoms with van der Waals surface area (Å²) in [5, 5.41) is 19.6. The summed E-state index contributed by atoms with van der Waals surface area (Å²) < 4.78 is 1.46. The van der Waals surface area contributed by atoms with Gasteiger partial charge in [-0.05, 0) is 37.9 Å². The second-order valence-electron chi connectivity index (χ2n) is 2.78. The van der Waals surface area contributed by atoms with E-state index in [2.05, 4.69) is 37.2 Å². The quantitative estimate of drug-likeness (QED) is 0.746. The molecule has 1 aromatic heterocycles. The fraction of sp³-hybridized carbons (Fsp3) is 0.250. The van der Waals surface area contributed by atoms with Gasteiger partial charge in [0.2, 0.25) is 0 Å². The number of carbonyl (C=O) groups excluding carboxylic acids is 1. The first-order valence-electron chi connectivity index (χ1n) is 4.05. The number of nitrogens with one attached hydrogen (secondary N) is 1. The van der Waals surface area contributed by atoms with Crippen LogP contribution >= 0.6 is 43.2 Å². The van der Waals surface area contributed by atoms with Gasteiger partial charge in [-0.25, -0.2) is 4.79 Å². The minimum Gasteiger partial charge on any atom is -0.480 e. The van der Waals surface area contributed by atoms with Crippen LogP contribution in [-0.4, -0.2) is 34.7 Å². The van der Waals surface area contributed by atoms with Crippen molar-refractivity contribution in [1.82, 2.24) is 5.32 Å². The molecule has 0 saturated heterocycles. The molecule has 0 aliphatic heterocycles. The number of hydrogen-bond donors (Lipinski definition) is 3. The zero-order valence-electron chi connectivity index (χ0n) is 7.74. The minimum absolute atomic E-state index is 0.360. The van der Waals surface area contributed by atoms with Crippen LogP contribution in [0.3, 0.4) is 0 Å². The Labute approximate surface area is 112 Å². The molecule has 1 atom stereocenters. The van der Waals surface area contributed by atoms with Crippen molar-refractivity contribution in [3.8, 4) is 0 Å². The Hall–Kier alpha value is -0.440. The van der Waals surface area contributed by atoms with Gasteiger partial charge in [0, 0.05) is 4.47 Å². The van der Waals surface area contributed by atoms with Gasteiger partial charge in [0.05, 0.1) is 15.3 Å². The third kappa shape index (κ3) is 3.27. The van der Waals surface area contributed by atoms with Gasteiger partial charge in [0.1, 0.15) is 0 Å². The van der Waals surface area contributed by atoms with Gasteiger partial charge in [0.15, 0.2) is 6.04 Å². The van der Waals surface area contributed by atoms with Crippen molar-refractivity contribution in [2.45, 2.75) is 6.04 Å². The van der Waals surface area contributed by atoms with Crippen molar-refractivity contribution in [2.75, 3.05) is 6.61 Å². The Morgan fingerprint density at radius 1 is 1.50 bits per heavy atom. The van der Waals surface area contributed by atoms with Crippen molar-refractivity contribution in [3.63, 3.8) is 0 Å². The topological polar surface area (TPSA) is 86.6 Å². The van der Waals surface area contributed by atoms with Crippen LogP contribution in [0.25, 0.3) is 0 Å². The molecule has 1 unspecified atom stereocenters. The molecule has 0 aromatic carbocycles. The first-order chi connectivity index (χ1) is 7.45. The highest BCUT2D eigenvalue weighted by atomic mass is 79.9. The Morgan fingerprint density at radius 3 is 2.50 bits per heavy atom. The molecule has 0 spiro atoms. The van der Waals surface area contributed by atoms with E-state index in [1.165, 1.54) is 11.3 Å². The van der Waals surface area contributed by atoms with Gasteiger partial charge in [-0.1, -0.05) is 0 Å². The molecule has 0 aliphatic rings. The molecular weight excluding hydrogens is 366 g/mol. The lowest BCUT2D eigenvalue weighted by atomic mass is 10.3. The van der Waals surface area contributed by atoms with Crippen LogP contribution in [0.5, 0.6) is 0 Å². The van der Waals surface area contributed by atoms with E-state index < -0.39 is 24.5 Å². The van der Waals surface area contributed by atoms with Crippen LogP contribution in [0, 0.1) is 0 Å². The molecule has 0 aliphatic carbocycles. The molecule has 1 aromatic rings. The van der Waals surface area contributed by atoms with Gasteiger partial charge in [0.25, 0.3) is 5.91 Å². The lowest BCUT2D eigenvalue weighted by molar-refractivity contribution is -0.140. The third-order valence-electron chi connectivity index (χ3n) is 1.65. The molecule has 5 nitrogen and oxygen atoms in total. The van der Waals surface area contributed by atoms with Crippen molar-refractivity contribution >= 4 is 55.1 Å². The highest BCUT2D eigenvalue weighted by Gasteiger charge is 2.21. The van der Waals surface area contributed by atoms with Gasteiger partial charge in [-0.3, -0.25) is 4.79 Å². The summed E-state index contributed by atoms with van der Waals surface area (Å²) in [6.45, 7) is -0.644. The number of carboxylic acids is 1. The van der Waals surface area contributed by atoms with Crippen LogP contribution in [0.15, 0.2) is 14.3 Å². The summed E-state index contributed by atoms with van der Waals surface area (Å²) in [7, 11) is 0. The molecule has 0 fully saturated rings. The summed E-state index contributed by atoms with van der Waals surface area (Å²) >= 11 is 7.61. The number of aliphatic hydroxyl groups excluding tert-OH is 1.